The van der Waals surface area contributed by atoms with Crippen LogP contribution in [-0.2, 0) is 6.42 Å². The van der Waals surface area contributed by atoms with Crippen molar-refractivity contribution in [3.8, 4) is 28.3 Å². The highest BCUT2D eigenvalue weighted by Gasteiger charge is 2.26. The Morgan fingerprint density at radius 2 is 1.47 bits per heavy atom. The molecular formula is C29H20N2O. The summed E-state index contributed by atoms with van der Waals surface area (Å²) in [6.45, 7) is 2.16. The third-order valence-corrected chi connectivity index (χ3v) is 6.53. The summed E-state index contributed by atoms with van der Waals surface area (Å²) in [5, 5.41) is 5.02. The van der Waals surface area contributed by atoms with Gasteiger partial charge in [0, 0.05) is 12.0 Å². The van der Waals surface area contributed by atoms with Gasteiger partial charge in [-0.1, -0.05) is 73.7 Å². The molecule has 32 heavy (non-hydrogen) atoms. The lowest BCUT2D eigenvalue weighted by Crippen LogP contribution is -2.09. The van der Waals surface area contributed by atoms with Crippen LogP contribution in [0.3, 0.4) is 0 Å². The minimum atomic E-state index is 0.848. The lowest BCUT2D eigenvalue weighted by atomic mass is 9.92. The topological polar surface area (TPSA) is 27.1 Å². The molecule has 0 spiro atoms. The SMILES string of the molecule is CCc1nc2cccc3c2n1-c1c(cccc1-c1cc2ccccc2c2ccccc12)O3. The van der Waals surface area contributed by atoms with Crippen LogP contribution in [0.5, 0.6) is 11.5 Å². The quantitative estimate of drug-likeness (QED) is 0.272. The molecule has 0 bridgehead atoms. The molecule has 0 aliphatic carbocycles. The Balaban J connectivity index is 1.64. The van der Waals surface area contributed by atoms with Crippen molar-refractivity contribution in [1.82, 2.24) is 9.55 Å². The molecule has 0 amide bonds. The van der Waals surface area contributed by atoms with Crippen LogP contribution < -0.4 is 4.74 Å². The number of nitrogens with zero attached hydrogens (tertiary/aromatic N) is 2. The van der Waals surface area contributed by atoms with Gasteiger partial charge >= 0.3 is 0 Å². The average Bonchev–Trinajstić information content (AvgIpc) is 3.23. The fourth-order valence-electron chi connectivity index (χ4n) is 5.15. The van der Waals surface area contributed by atoms with Gasteiger partial charge in [0.1, 0.15) is 11.3 Å². The van der Waals surface area contributed by atoms with Crippen LogP contribution in [0.25, 0.3) is 49.4 Å². The minimum absolute atomic E-state index is 0.848. The summed E-state index contributed by atoms with van der Waals surface area (Å²) < 4.78 is 8.72. The number of imidazole rings is 1. The van der Waals surface area contributed by atoms with E-state index in [0.717, 1.165) is 46.0 Å². The van der Waals surface area contributed by atoms with E-state index in [9.17, 15) is 0 Å². The summed E-state index contributed by atoms with van der Waals surface area (Å²) in [5.41, 5.74) is 5.47. The van der Waals surface area contributed by atoms with Crippen LogP contribution in [0.1, 0.15) is 12.7 Å². The Labute approximate surface area is 185 Å². The molecule has 5 aromatic carbocycles. The molecule has 0 unspecified atom stereocenters. The van der Waals surface area contributed by atoms with Crippen molar-refractivity contribution in [2.45, 2.75) is 13.3 Å². The van der Waals surface area contributed by atoms with Crippen molar-refractivity contribution in [3.05, 3.63) is 96.8 Å². The van der Waals surface area contributed by atoms with Gasteiger partial charge in [-0.15, -0.1) is 0 Å². The van der Waals surface area contributed by atoms with Crippen molar-refractivity contribution < 1.29 is 4.74 Å². The Morgan fingerprint density at radius 3 is 2.34 bits per heavy atom. The highest BCUT2D eigenvalue weighted by molar-refractivity contribution is 6.14. The number of ether oxygens (including phenoxy) is 1. The zero-order valence-electron chi connectivity index (χ0n) is 17.7. The van der Waals surface area contributed by atoms with Crippen molar-refractivity contribution in [3.63, 3.8) is 0 Å². The number of aromatic nitrogens is 2. The number of fused-ring (bicyclic) bond motifs is 5. The van der Waals surface area contributed by atoms with Crippen molar-refractivity contribution in [2.75, 3.05) is 0 Å². The molecule has 2 heterocycles. The molecule has 152 valence electrons. The van der Waals surface area contributed by atoms with E-state index in [-0.39, 0.29) is 0 Å². The number of benzene rings is 5. The summed E-state index contributed by atoms with van der Waals surface area (Å²) >= 11 is 0. The molecule has 0 saturated heterocycles. The van der Waals surface area contributed by atoms with E-state index >= 15 is 0 Å². The summed E-state index contributed by atoms with van der Waals surface area (Å²) in [4.78, 5) is 4.93. The monoisotopic (exact) mass is 412 g/mol. The van der Waals surface area contributed by atoms with E-state index in [1.165, 1.54) is 27.1 Å². The second-order valence-electron chi connectivity index (χ2n) is 8.29. The molecule has 0 saturated carbocycles. The van der Waals surface area contributed by atoms with E-state index in [1.807, 2.05) is 12.1 Å². The average molecular weight is 412 g/mol. The maximum absolute atomic E-state index is 6.41. The Kier molecular flexibility index (Phi) is 3.54. The van der Waals surface area contributed by atoms with Crippen LogP contribution in [0.4, 0.5) is 0 Å². The summed E-state index contributed by atoms with van der Waals surface area (Å²) in [6, 6.07) is 32.1. The maximum Gasteiger partial charge on any atom is 0.153 e. The van der Waals surface area contributed by atoms with Gasteiger partial charge in [-0.05, 0) is 51.4 Å². The van der Waals surface area contributed by atoms with Gasteiger partial charge in [-0.3, -0.25) is 4.57 Å². The molecule has 3 heteroatoms. The first-order chi connectivity index (χ1) is 15.8. The van der Waals surface area contributed by atoms with Crippen LogP contribution in [-0.4, -0.2) is 9.55 Å². The van der Waals surface area contributed by atoms with E-state index in [1.54, 1.807) is 0 Å². The molecule has 6 aromatic rings. The maximum atomic E-state index is 6.41. The number of hydrogen-bond acceptors (Lipinski definition) is 2. The van der Waals surface area contributed by atoms with Crippen molar-refractivity contribution in [2.24, 2.45) is 0 Å². The van der Waals surface area contributed by atoms with Gasteiger partial charge in [-0.2, -0.15) is 0 Å². The molecule has 0 N–H and O–H groups in total. The molecule has 0 radical (unpaired) electrons. The smallest absolute Gasteiger partial charge is 0.153 e. The molecule has 7 rings (SSSR count). The third-order valence-electron chi connectivity index (χ3n) is 6.53. The molecule has 1 aliphatic heterocycles. The molecular weight excluding hydrogens is 392 g/mol. The minimum Gasteiger partial charge on any atom is -0.453 e. The van der Waals surface area contributed by atoms with Crippen LogP contribution in [0.2, 0.25) is 0 Å². The van der Waals surface area contributed by atoms with Gasteiger partial charge < -0.3 is 4.74 Å². The first-order valence-corrected chi connectivity index (χ1v) is 11.1. The zero-order valence-corrected chi connectivity index (χ0v) is 17.7. The van der Waals surface area contributed by atoms with E-state index < -0.39 is 0 Å². The van der Waals surface area contributed by atoms with Gasteiger partial charge in [0.2, 0.25) is 0 Å². The Hall–Kier alpha value is -4.11. The molecule has 3 nitrogen and oxygen atoms in total. The lowest BCUT2D eigenvalue weighted by Gasteiger charge is -2.24. The number of hydrogen-bond donors (Lipinski definition) is 0. The Morgan fingerprint density at radius 1 is 0.719 bits per heavy atom. The molecule has 0 atom stereocenters. The summed E-state index contributed by atoms with van der Waals surface area (Å²) in [7, 11) is 0. The highest BCUT2D eigenvalue weighted by atomic mass is 16.5. The largest absolute Gasteiger partial charge is 0.453 e. The fraction of sp³-hybridized carbons (Fsp3) is 0.0690. The van der Waals surface area contributed by atoms with E-state index in [2.05, 4.69) is 90.4 Å². The van der Waals surface area contributed by atoms with Crippen LogP contribution in [0.15, 0.2) is 91.0 Å². The first kappa shape index (κ1) is 17.6. The number of rotatable bonds is 2. The summed E-state index contributed by atoms with van der Waals surface area (Å²) in [5.74, 6) is 2.78. The third kappa shape index (κ3) is 2.28. The van der Waals surface area contributed by atoms with Gasteiger partial charge in [0.25, 0.3) is 0 Å². The highest BCUT2D eigenvalue weighted by Crippen LogP contribution is 2.47. The summed E-state index contributed by atoms with van der Waals surface area (Å²) in [6.07, 6.45) is 0.848. The van der Waals surface area contributed by atoms with Gasteiger partial charge in [0.15, 0.2) is 11.5 Å². The normalized spacial score (nSPS) is 12.3. The second-order valence-corrected chi connectivity index (χ2v) is 8.29. The Bertz CT molecular complexity index is 1690. The molecule has 1 aromatic heterocycles. The van der Waals surface area contributed by atoms with Crippen LogP contribution >= 0.6 is 0 Å². The van der Waals surface area contributed by atoms with Crippen molar-refractivity contribution in [1.29, 1.82) is 0 Å². The predicted molar refractivity (Wildman–Crippen MR) is 131 cm³/mol. The standard InChI is InChI=1S/C29H20N2O/c1-2-27-30-24-14-8-16-26-29(24)31(27)28-22(13-7-15-25(28)32-26)23-17-18-9-3-4-10-19(18)20-11-5-6-12-21(20)23/h3-17H,2H2,1H3. The lowest BCUT2D eigenvalue weighted by molar-refractivity contribution is 0.474. The first-order valence-electron chi connectivity index (χ1n) is 11.1. The van der Waals surface area contributed by atoms with E-state index in [4.69, 9.17) is 9.72 Å². The number of para-hydroxylation sites is 2. The van der Waals surface area contributed by atoms with Crippen LogP contribution in [0, 0.1) is 0 Å². The van der Waals surface area contributed by atoms with E-state index in [0.29, 0.717) is 0 Å². The molecule has 0 fully saturated rings. The second kappa shape index (κ2) is 6.44. The zero-order chi connectivity index (χ0) is 21.2. The number of aryl methyl sites for hydroxylation is 1. The molecule has 1 aliphatic rings. The predicted octanol–water partition coefficient (Wildman–Crippen LogP) is 7.67. The van der Waals surface area contributed by atoms with Gasteiger partial charge in [0.05, 0.1) is 11.2 Å². The van der Waals surface area contributed by atoms with Crippen molar-refractivity contribution >= 4 is 32.6 Å². The van der Waals surface area contributed by atoms with Gasteiger partial charge in [-0.25, -0.2) is 4.98 Å². The fourth-order valence-corrected chi connectivity index (χ4v) is 5.15.